The van der Waals surface area contributed by atoms with Gasteiger partial charge in [-0.3, -0.25) is 14.3 Å². The summed E-state index contributed by atoms with van der Waals surface area (Å²) in [5.41, 5.74) is 1.22. The molecule has 7 heteroatoms. The molecule has 1 aromatic carbocycles. The van der Waals surface area contributed by atoms with Crippen LogP contribution >= 0.6 is 0 Å². The molecule has 2 heterocycles. The SMILES string of the molecule is CCn1cc(NC(=O)[C@H]2CC(=O)N(c3ccc(F)cc3)C2)cn1. The molecule has 1 aromatic heterocycles. The minimum Gasteiger partial charge on any atom is -0.323 e. The molecule has 0 radical (unpaired) electrons. The van der Waals surface area contributed by atoms with Gasteiger partial charge in [0.25, 0.3) is 0 Å². The number of nitrogens with one attached hydrogen (secondary N) is 1. The Labute approximate surface area is 132 Å². The summed E-state index contributed by atoms with van der Waals surface area (Å²) >= 11 is 0. The lowest BCUT2D eigenvalue weighted by atomic mass is 10.1. The van der Waals surface area contributed by atoms with Crippen molar-refractivity contribution in [3.63, 3.8) is 0 Å². The van der Waals surface area contributed by atoms with E-state index < -0.39 is 5.92 Å². The average molecular weight is 316 g/mol. The van der Waals surface area contributed by atoms with E-state index >= 15 is 0 Å². The first kappa shape index (κ1) is 15.2. The summed E-state index contributed by atoms with van der Waals surface area (Å²) in [6.07, 6.45) is 3.47. The number of anilines is 2. The Morgan fingerprint density at radius 1 is 1.39 bits per heavy atom. The molecule has 3 rings (SSSR count). The van der Waals surface area contributed by atoms with Crippen LogP contribution in [-0.4, -0.2) is 28.1 Å². The van der Waals surface area contributed by atoms with E-state index in [0.29, 0.717) is 11.4 Å². The topological polar surface area (TPSA) is 67.2 Å². The fraction of sp³-hybridized carbons (Fsp3) is 0.312. The summed E-state index contributed by atoms with van der Waals surface area (Å²) in [5, 5.41) is 6.87. The van der Waals surface area contributed by atoms with Gasteiger partial charge in [-0.15, -0.1) is 0 Å². The van der Waals surface area contributed by atoms with Crippen LogP contribution in [0.4, 0.5) is 15.8 Å². The number of aromatic nitrogens is 2. The number of carbonyl (C=O) groups excluding carboxylic acids is 2. The van der Waals surface area contributed by atoms with E-state index in [2.05, 4.69) is 10.4 Å². The van der Waals surface area contributed by atoms with E-state index in [0.717, 1.165) is 6.54 Å². The molecule has 1 fully saturated rings. The van der Waals surface area contributed by atoms with Crippen molar-refractivity contribution < 1.29 is 14.0 Å². The zero-order valence-corrected chi connectivity index (χ0v) is 12.7. The molecule has 2 aromatic rings. The van der Waals surface area contributed by atoms with E-state index in [9.17, 15) is 14.0 Å². The fourth-order valence-electron chi connectivity index (χ4n) is 2.60. The van der Waals surface area contributed by atoms with Gasteiger partial charge in [0.05, 0.1) is 17.8 Å². The largest absolute Gasteiger partial charge is 0.323 e. The van der Waals surface area contributed by atoms with E-state index in [1.165, 1.54) is 17.0 Å². The van der Waals surface area contributed by atoms with Gasteiger partial charge in [0.2, 0.25) is 11.8 Å². The van der Waals surface area contributed by atoms with Crippen molar-refractivity contribution in [2.75, 3.05) is 16.8 Å². The van der Waals surface area contributed by atoms with Crippen molar-refractivity contribution in [2.45, 2.75) is 19.9 Å². The van der Waals surface area contributed by atoms with Crippen LogP contribution in [0.5, 0.6) is 0 Å². The zero-order valence-electron chi connectivity index (χ0n) is 12.7. The molecule has 1 aliphatic rings. The predicted octanol–water partition coefficient (Wildman–Crippen LogP) is 2.03. The van der Waals surface area contributed by atoms with Crippen molar-refractivity contribution in [3.8, 4) is 0 Å². The van der Waals surface area contributed by atoms with Gasteiger partial charge < -0.3 is 10.2 Å². The summed E-state index contributed by atoms with van der Waals surface area (Å²) in [6.45, 7) is 2.96. The number of nitrogens with zero attached hydrogens (tertiary/aromatic N) is 3. The molecule has 0 bridgehead atoms. The quantitative estimate of drug-likeness (QED) is 0.938. The molecule has 23 heavy (non-hydrogen) atoms. The zero-order chi connectivity index (χ0) is 16.4. The number of hydrogen-bond acceptors (Lipinski definition) is 3. The third-order valence-corrected chi connectivity index (χ3v) is 3.86. The second-order valence-electron chi connectivity index (χ2n) is 5.46. The Balaban J connectivity index is 1.66. The second-order valence-corrected chi connectivity index (χ2v) is 5.46. The summed E-state index contributed by atoms with van der Waals surface area (Å²) < 4.78 is 14.7. The van der Waals surface area contributed by atoms with E-state index in [4.69, 9.17) is 0 Å². The van der Waals surface area contributed by atoms with Gasteiger partial charge >= 0.3 is 0 Å². The first-order chi connectivity index (χ1) is 11.1. The highest BCUT2D eigenvalue weighted by molar-refractivity contribution is 6.03. The molecule has 1 atom stereocenters. The van der Waals surface area contributed by atoms with Crippen LogP contribution in [0, 0.1) is 11.7 Å². The number of rotatable bonds is 4. The van der Waals surface area contributed by atoms with Crippen molar-refractivity contribution in [3.05, 3.63) is 42.5 Å². The molecule has 6 nitrogen and oxygen atoms in total. The normalized spacial score (nSPS) is 17.6. The molecule has 0 spiro atoms. The monoisotopic (exact) mass is 316 g/mol. The van der Waals surface area contributed by atoms with E-state index in [1.807, 2.05) is 6.92 Å². The minimum absolute atomic E-state index is 0.138. The van der Waals surface area contributed by atoms with Crippen molar-refractivity contribution in [1.29, 1.82) is 0 Å². The van der Waals surface area contributed by atoms with Gasteiger partial charge in [-0.05, 0) is 31.2 Å². The molecule has 1 saturated heterocycles. The Hall–Kier alpha value is -2.70. The average Bonchev–Trinajstić information content (AvgIpc) is 3.15. The summed E-state index contributed by atoms with van der Waals surface area (Å²) in [5.74, 6) is -1.14. The van der Waals surface area contributed by atoms with Crippen molar-refractivity contribution in [1.82, 2.24) is 9.78 Å². The highest BCUT2D eigenvalue weighted by Gasteiger charge is 2.35. The fourth-order valence-corrected chi connectivity index (χ4v) is 2.60. The van der Waals surface area contributed by atoms with Crippen LogP contribution in [0.25, 0.3) is 0 Å². The summed E-state index contributed by atoms with van der Waals surface area (Å²) in [7, 11) is 0. The van der Waals surface area contributed by atoms with Crippen molar-refractivity contribution in [2.24, 2.45) is 5.92 Å². The third-order valence-electron chi connectivity index (χ3n) is 3.86. The van der Waals surface area contributed by atoms with E-state index in [-0.39, 0.29) is 30.6 Å². The molecular formula is C16H17FN4O2. The number of aryl methyl sites for hydroxylation is 1. The van der Waals surface area contributed by atoms with Gasteiger partial charge in [-0.1, -0.05) is 0 Å². The number of hydrogen-bond donors (Lipinski definition) is 1. The van der Waals surface area contributed by atoms with Crippen molar-refractivity contribution >= 4 is 23.2 Å². The second kappa shape index (κ2) is 6.20. The lowest BCUT2D eigenvalue weighted by molar-refractivity contribution is -0.122. The molecular weight excluding hydrogens is 299 g/mol. The first-order valence-corrected chi connectivity index (χ1v) is 7.46. The first-order valence-electron chi connectivity index (χ1n) is 7.46. The molecule has 0 aliphatic carbocycles. The molecule has 0 unspecified atom stereocenters. The third kappa shape index (κ3) is 3.23. The summed E-state index contributed by atoms with van der Waals surface area (Å²) in [6, 6.07) is 5.68. The standard InChI is InChI=1S/C16H17FN4O2/c1-2-20-10-13(8-18-20)19-16(23)11-7-15(22)21(9-11)14-5-3-12(17)4-6-14/h3-6,8,10-11H,2,7,9H2,1H3,(H,19,23)/t11-/m0/s1. The highest BCUT2D eigenvalue weighted by Crippen LogP contribution is 2.26. The van der Waals surface area contributed by atoms with Gasteiger partial charge in [-0.2, -0.15) is 5.10 Å². The van der Waals surface area contributed by atoms with Crippen LogP contribution in [-0.2, 0) is 16.1 Å². The summed E-state index contributed by atoms with van der Waals surface area (Å²) in [4.78, 5) is 25.9. The minimum atomic E-state index is -0.433. The molecule has 2 amide bonds. The number of halogens is 1. The molecule has 1 N–H and O–H groups in total. The maximum Gasteiger partial charge on any atom is 0.229 e. The predicted molar refractivity (Wildman–Crippen MR) is 83.4 cm³/mol. The highest BCUT2D eigenvalue weighted by atomic mass is 19.1. The maximum atomic E-state index is 13.0. The lowest BCUT2D eigenvalue weighted by Crippen LogP contribution is -2.28. The van der Waals surface area contributed by atoms with Gasteiger partial charge in [0.1, 0.15) is 5.82 Å². The number of amides is 2. The molecule has 120 valence electrons. The van der Waals surface area contributed by atoms with Crippen LogP contribution < -0.4 is 10.2 Å². The Morgan fingerprint density at radius 3 is 2.78 bits per heavy atom. The van der Waals surface area contributed by atoms with Crippen LogP contribution in [0.2, 0.25) is 0 Å². The van der Waals surface area contributed by atoms with Crippen LogP contribution in [0.1, 0.15) is 13.3 Å². The number of carbonyl (C=O) groups is 2. The molecule has 1 aliphatic heterocycles. The maximum absolute atomic E-state index is 13.0. The Morgan fingerprint density at radius 2 is 2.13 bits per heavy atom. The van der Waals surface area contributed by atoms with Gasteiger partial charge in [0, 0.05) is 31.4 Å². The molecule has 0 saturated carbocycles. The Kier molecular flexibility index (Phi) is 4.10. The van der Waals surface area contributed by atoms with Gasteiger partial charge in [-0.25, -0.2) is 4.39 Å². The van der Waals surface area contributed by atoms with Crippen LogP contribution in [0.15, 0.2) is 36.7 Å². The van der Waals surface area contributed by atoms with Crippen LogP contribution in [0.3, 0.4) is 0 Å². The Bertz CT molecular complexity index is 726. The lowest BCUT2D eigenvalue weighted by Gasteiger charge is -2.16. The number of benzene rings is 1. The van der Waals surface area contributed by atoms with E-state index in [1.54, 1.807) is 29.2 Å². The smallest absolute Gasteiger partial charge is 0.229 e. The van der Waals surface area contributed by atoms with Gasteiger partial charge in [0.15, 0.2) is 0 Å².